The van der Waals surface area contributed by atoms with Crippen molar-refractivity contribution < 1.29 is 22.3 Å². The van der Waals surface area contributed by atoms with Crippen molar-refractivity contribution in [3.05, 3.63) is 65.5 Å². The first-order chi connectivity index (χ1) is 13.9. The molecule has 1 heterocycles. The van der Waals surface area contributed by atoms with Crippen LogP contribution >= 0.6 is 0 Å². The standard InChI is InChI=1S/C22H26FNO4S/c1-2-28-22(25)20-5-3-4-6-21(20)29(26,27)19-12-15-24(16-13-19)14-11-17-7-9-18(23)10-8-17/h3-10,19H,2,11-16H2,1H3. The highest BCUT2D eigenvalue weighted by Crippen LogP contribution is 2.27. The molecule has 2 aromatic rings. The minimum atomic E-state index is -3.62. The van der Waals surface area contributed by atoms with Crippen molar-refractivity contribution in [2.24, 2.45) is 0 Å². The van der Waals surface area contributed by atoms with Crippen LogP contribution in [0, 0.1) is 5.82 Å². The van der Waals surface area contributed by atoms with Crippen LogP contribution in [-0.4, -0.2) is 50.8 Å². The molecule has 5 nitrogen and oxygen atoms in total. The maximum Gasteiger partial charge on any atom is 0.339 e. The van der Waals surface area contributed by atoms with E-state index in [1.54, 1.807) is 31.2 Å². The second kappa shape index (κ2) is 9.50. The molecule has 0 spiro atoms. The second-order valence-electron chi connectivity index (χ2n) is 7.18. The van der Waals surface area contributed by atoms with Gasteiger partial charge in [0.1, 0.15) is 5.82 Å². The van der Waals surface area contributed by atoms with E-state index < -0.39 is 21.1 Å². The van der Waals surface area contributed by atoms with Gasteiger partial charge in [0.15, 0.2) is 9.84 Å². The molecule has 0 radical (unpaired) electrons. The molecule has 7 heteroatoms. The van der Waals surface area contributed by atoms with Crippen LogP contribution in [-0.2, 0) is 21.0 Å². The Hall–Kier alpha value is -2.25. The Morgan fingerprint density at radius 1 is 1.10 bits per heavy atom. The maximum atomic E-state index is 13.2. The Bertz CT molecular complexity index is 936. The molecule has 1 aliphatic heterocycles. The van der Waals surface area contributed by atoms with E-state index in [2.05, 4.69) is 4.90 Å². The number of rotatable bonds is 7. The predicted octanol–water partition coefficient (Wildman–Crippen LogP) is 3.48. The number of sulfone groups is 1. The predicted molar refractivity (Wildman–Crippen MR) is 109 cm³/mol. The Kier molecular flexibility index (Phi) is 7.03. The minimum absolute atomic E-state index is 0.0585. The highest BCUT2D eigenvalue weighted by Gasteiger charge is 2.34. The van der Waals surface area contributed by atoms with Gasteiger partial charge in [-0.25, -0.2) is 17.6 Å². The van der Waals surface area contributed by atoms with Gasteiger partial charge in [-0.15, -0.1) is 0 Å². The third-order valence-corrected chi connectivity index (χ3v) is 7.61. The molecule has 0 saturated carbocycles. The van der Waals surface area contributed by atoms with E-state index >= 15 is 0 Å². The van der Waals surface area contributed by atoms with Crippen LogP contribution < -0.4 is 0 Å². The first-order valence-electron chi connectivity index (χ1n) is 9.88. The maximum absolute atomic E-state index is 13.2. The molecular weight excluding hydrogens is 393 g/mol. The number of likely N-dealkylation sites (tertiary alicyclic amines) is 1. The van der Waals surface area contributed by atoms with Gasteiger partial charge < -0.3 is 9.64 Å². The fourth-order valence-electron chi connectivity index (χ4n) is 3.65. The summed E-state index contributed by atoms with van der Waals surface area (Å²) in [5, 5.41) is -0.514. The molecule has 3 rings (SSSR count). The van der Waals surface area contributed by atoms with Crippen molar-refractivity contribution in [1.29, 1.82) is 0 Å². The smallest absolute Gasteiger partial charge is 0.339 e. The zero-order chi connectivity index (χ0) is 20.9. The molecule has 0 bridgehead atoms. The summed E-state index contributed by atoms with van der Waals surface area (Å²) in [5.41, 5.74) is 1.16. The number of benzene rings is 2. The number of esters is 1. The van der Waals surface area contributed by atoms with Crippen molar-refractivity contribution in [1.82, 2.24) is 4.90 Å². The number of carbonyl (C=O) groups excluding carboxylic acids is 1. The summed E-state index contributed by atoms with van der Waals surface area (Å²) in [6, 6.07) is 12.7. The molecule has 2 aromatic carbocycles. The lowest BCUT2D eigenvalue weighted by Crippen LogP contribution is -2.40. The van der Waals surface area contributed by atoms with E-state index in [0.717, 1.165) is 18.5 Å². The highest BCUT2D eigenvalue weighted by molar-refractivity contribution is 7.92. The van der Waals surface area contributed by atoms with E-state index in [1.807, 2.05) is 0 Å². The fourth-order valence-corrected chi connectivity index (χ4v) is 5.57. The van der Waals surface area contributed by atoms with Crippen molar-refractivity contribution in [3.63, 3.8) is 0 Å². The van der Waals surface area contributed by atoms with Crippen LogP contribution in [0.5, 0.6) is 0 Å². The van der Waals surface area contributed by atoms with E-state index in [9.17, 15) is 17.6 Å². The van der Waals surface area contributed by atoms with E-state index in [1.165, 1.54) is 24.3 Å². The average molecular weight is 420 g/mol. The topological polar surface area (TPSA) is 63.7 Å². The van der Waals surface area contributed by atoms with Crippen molar-refractivity contribution in [2.45, 2.75) is 36.3 Å². The van der Waals surface area contributed by atoms with Gasteiger partial charge in [-0.2, -0.15) is 0 Å². The highest BCUT2D eigenvalue weighted by atomic mass is 32.2. The number of ether oxygens (including phenoxy) is 1. The molecular formula is C22H26FNO4S. The van der Waals surface area contributed by atoms with Gasteiger partial charge in [0.05, 0.1) is 22.3 Å². The van der Waals surface area contributed by atoms with Gasteiger partial charge in [0.25, 0.3) is 0 Å². The molecule has 0 aromatic heterocycles. The van der Waals surface area contributed by atoms with Crippen LogP contribution in [0.3, 0.4) is 0 Å². The molecule has 0 amide bonds. The summed E-state index contributed by atoms with van der Waals surface area (Å²) in [4.78, 5) is 14.5. The van der Waals surface area contributed by atoms with Gasteiger partial charge in [-0.1, -0.05) is 24.3 Å². The van der Waals surface area contributed by atoms with Gasteiger partial charge >= 0.3 is 5.97 Å². The average Bonchev–Trinajstić information content (AvgIpc) is 2.74. The summed E-state index contributed by atoms with van der Waals surface area (Å²) in [6.45, 7) is 4.04. The summed E-state index contributed by atoms with van der Waals surface area (Å²) in [5.74, 6) is -0.855. The van der Waals surface area contributed by atoms with Crippen molar-refractivity contribution in [2.75, 3.05) is 26.2 Å². The first-order valence-corrected chi connectivity index (χ1v) is 11.4. The Balaban J connectivity index is 1.63. The quantitative estimate of drug-likeness (QED) is 0.643. The summed E-state index contributed by atoms with van der Waals surface area (Å²) in [6.07, 6.45) is 1.83. The SMILES string of the molecule is CCOC(=O)c1ccccc1S(=O)(=O)C1CCN(CCc2ccc(F)cc2)CC1. The lowest BCUT2D eigenvalue weighted by Gasteiger charge is -2.32. The van der Waals surface area contributed by atoms with Crippen LogP contribution in [0.25, 0.3) is 0 Å². The Labute approximate surface area is 171 Å². The third kappa shape index (κ3) is 5.22. The van der Waals surface area contributed by atoms with Crippen LogP contribution in [0.1, 0.15) is 35.7 Å². The Morgan fingerprint density at radius 2 is 1.76 bits per heavy atom. The normalized spacial score (nSPS) is 15.9. The van der Waals surface area contributed by atoms with E-state index in [4.69, 9.17) is 4.74 Å². The lowest BCUT2D eigenvalue weighted by atomic mass is 10.1. The number of hydrogen-bond acceptors (Lipinski definition) is 5. The number of nitrogens with zero attached hydrogens (tertiary/aromatic N) is 1. The zero-order valence-electron chi connectivity index (χ0n) is 16.5. The van der Waals surface area contributed by atoms with Gasteiger partial charge in [-0.05, 0) is 69.1 Å². The molecule has 0 unspecified atom stereocenters. The molecule has 0 aliphatic carbocycles. The van der Waals surface area contributed by atoms with Crippen molar-refractivity contribution >= 4 is 15.8 Å². The zero-order valence-corrected chi connectivity index (χ0v) is 17.3. The van der Waals surface area contributed by atoms with Crippen molar-refractivity contribution in [3.8, 4) is 0 Å². The van der Waals surface area contributed by atoms with E-state index in [-0.39, 0.29) is 22.9 Å². The van der Waals surface area contributed by atoms with Crippen LogP contribution in [0.4, 0.5) is 4.39 Å². The summed E-state index contributed by atoms with van der Waals surface area (Å²) in [7, 11) is -3.62. The molecule has 156 valence electrons. The van der Waals surface area contributed by atoms with Crippen LogP contribution in [0.2, 0.25) is 0 Å². The number of hydrogen-bond donors (Lipinski definition) is 0. The molecule has 0 N–H and O–H groups in total. The summed E-state index contributed by atoms with van der Waals surface area (Å²) >= 11 is 0. The van der Waals surface area contributed by atoms with Gasteiger partial charge in [0, 0.05) is 6.54 Å². The monoisotopic (exact) mass is 419 g/mol. The fraction of sp³-hybridized carbons (Fsp3) is 0.409. The minimum Gasteiger partial charge on any atom is -0.462 e. The Morgan fingerprint density at radius 3 is 2.41 bits per heavy atom. The molecule has 1 fully saturated rings. The number of halogens is 1. The molecule has 1 saturated heterocycles. The third-order valence-electron chi connectivity index (χ3n) is 5.29. The first kappa shape index (κ1) is 21.5. The lowest BCUT2D eigenvalue weighted by molar-refractivity contribution is 0.0522. The van der Waals surface area contributed by atoms with Gasteiger partial charge in [-0.3, -0.25) is 0 Å². The molecule has 0 atom stereocenters. The van der Waals surface area contributed by atoms with Gasteiger partial charge in [0.2, 0.25) is 0 Å². The summed E-state index contributed by atoms with van der Waals surface area (Å²) < 4.78 is 44.4. The van der Waals surface area contributed by atoms with E-state index in [0.29, 0.717) is 25.9 Å². The second-order valence-corrected chi connectivity index (χ2v) is 9.38. The molecule has 1 aliphatic rings. The number of carbonyl (C=O) groups is 1. The number of piperidine rings is 1. The van der Waals surface area contributed by atoms with Crippen LogP contribution in [0.15, 0.2) is 53.4 Å². The molecule has 29 heavy (non-hydrogen) atoms. The largest absolute Gasteiger partial charge is 0.462 e.